The third kappa shape index (κ3) is 6.03. The largest absolute Gasteiger partial charge is 0.480 e. The van der Waals surface area contributed by atoms with E-state index in [0.29, 0.717) is 30.4 Å². The van der Waals surface area contributed by atoms with Gasteiger partial charge in [0.05, 0.1) is 30.4 Å². The lowest BCUT2D eigenvalue weighted by Gasteiger charge is -2.34. The number of nitrogens with one attached hydrogen (secondary N) is 1. The van der Waals surface area contributed by atoms with E-state index in [-0.39, 0.29) is 6.09 Å². The van der Waals surface area contributed by atoms with Crippen LogP contribution in [0.5, 0.6) is 5.88 Å². The normalized spacial score (nSPS) is 18.8. The van der Waals surface area contributed by atoms with E-state index < -0.39 is 11.7 Å². The third-order valence-corrected chi connectivity index (χ3v) is 5.12. The van der Waals surface area contributed by atoms with E-state index in [1.807, 2.05) is 39.0 Å². The first-order valence-corrected chi connectivity index (χ1v) is 10.4. The second-order valence-electron chi connectivity index (χ2n) is 8.79. The van der Waals surface area contributed by atoms with Crippen LogP contribution in [0.15, 0.2) is 24.4 Å². The van der Waals surface area contributed by atoms with Gasteiger partial charge in [-0.3, -0.25) is 0 Å². The maximum atomic E-state index is 11.9. The molecule has 1 aromatic carbocycles. The van der Waals surface area contributed by atoms with E-state index >= 15 is 0 Å². The molecule has 3 rings (SSSR count). The van der Waals surface area contributed by atoms with Crippen molar-refractivity contribution < 1.29 is 19.4 Å². The molecular formula is C22H32N4O4. The Morgan fingerprint density at radius 1 is 1.40 bits per heavy atom. The summed E-state index contributed by atoms with van der Waals surface area (Å²) in [7, 11) is 1.55. The van der Waals surface area contributed by atoms with E-state index in [1.54, 1.807) is 13.3 Å². The van der Waals surface area contributed by atoms with Crippen LogP contribution in [0.1, 0.15) is 45.3 Å². The van der Waals surface area contributed by atoms with Crippen molar-refractivity contribution in [3.05, 3.63) is 30.0 Å². The first-order valence-electron chi connectivity index (χ1n) is 10.4. The van der Waals surface area contributed by atoms with Gasteiger partial charge in [-0.15, -0.1) is 0 Å². The fraction of sp³-hybridized carbons (Fsp3) is 0.591. The number of fused-ring (bicyclic) bond motifs is 1. The Bertz CT molecular complexity index is 868. The maximum Gasteiger partial charge on any atom is 0.407 e. The number of para-hydroxylation sites is 1. The molecule has 8 nitrogen and oxygen atoms in total. The molecule has 2 heterocycles. The molecular weight excluding hydrogens is 384 g/mol. The average molecular weight is 417 g/mol. The number of aliphatic hydroxyl groups excluding tert-OH is 1. The standard InChI is InChI=1S/C22H32N4O4/c1-22(2,3)30-21(28)24-11-15-7-6-10-26(13-15)14-18(27)16-8-5-9-17-20(16)25-19(29-4)12-23-17/h5,8-9,12,15,18,27H,6-7,10-11,13-14H2,1-4H3,(H,24,28). The summed E-state index contributed by atoms with van der Waals surface area (Å²) in [5.41, 5.74) is 1.62. The van der Waals surface area contributed by atoms with Crippen molar-refractivity contribution in [3.63, 3.8) is 0 Å². The molecule has 2 aromatic rings. The van der Waals surface area contributed by atoms with Crippen LogP contribution in [0.25, 0.3) is 11.0 Å². The van der Waals surface area contributed by atoms with E-state index in [0.717, 1.165) is 37.0 Å². The highest BCUT2D eigenvalue weighted by atomic mass is 16.6. The Kier molecular flexibility index (Phi) is 7.10. The molecule has 0 spiro atoms. The highest BCUT2D eigenvalue weighted by Gasteiger charge is 2.25. The fourth-order valence-electron chi connectivity index (χ4n) is 3.77. The number of hydrogen-bond acceptors (Lipinski definition) is 7. The number of nitrogens with zero attached hydrogens (tertiary/aromatic N) is 3. The average Bonchev–Trinajstić information content (AvgIpc) is 2.70. The SMILES string of the molecule is COc1cnc2cccc(C(O)CN3CCCC(CNC(=O)OC(C)(C)C)C3)c2n1. The number of methoxy groups -OCH3 is 1. The van der Waals surface area contributed by atoms with Crippen molar-refractivity contribution >= 4 is 17.1 Å². The summed E-state index contributed by atoms with van der Waals surface area (Å²) in [6.07, 6.45) is 2.57. The molecule has 0 saturated carbocycles. The van der Waals surface area contributed by atoms with E-state index in [2.05, 4.69) is 20.2 Å². The number of alkyl carbamates (subject to hydrolysis) is 1. The molecule has 2 N–H and O–H groups in total. The van der Waals surface area contributed by atoms with Gasteiger partial charge in [0, 0.05) is 25.2 Å². The molecule has 0 bridgehead atoms. The van der Waals surface area contributed by atoms with Crippen LogP contribution in [0.4, 0.5) is 4.79 Å². The number of amides is 1. The van der Waals surface area contributed by atoms with Crippen molar-refractivity contribution in [2.75, 3.05) is 33.3 Å². The summed E-state index contributed by atoms with van der Waals surface area (Å²) in [4.78, 5) is 23.0. The molecule has 0 radical (unpaired) electrons. The van der Waals surface area contributed by atoms with Crippen LogP contribution in [0.3, 0.4) is 0 Å². The van der Waals surface area contributed by atoms with Crippen molar-refractivity contribution in [2.24, 2.45) is 5.92 Å². The minimum absolute atomic E-state index is 0.325. The number of benzene rings is 1. The van der Waals surface area contributed by atoms with Gasteiger partial charge in [-0.2, -0.15) is 0 Å². The second-order valence-corrected chi connectivity index (χ2v) is 8.79. The van der Waals surface area contributed by atoms with E-state index in [9.17, 15) is 9.90 Å². The van der Waals surface area contributed by atoms with Gasteiger partial charge in [0.1, 0.15) is 5.60 Å². The number of likely N-dealkylation sites (tertiary alicyclic amines) is 1. The predicted octanol–water partition coefficient (Wildman–Crippen LogP) is 2.91. The maximum absolute atomic E-state index is 11.9. The Labute approximate surface area is 177 Å². The highest BCUT2D eigenvalue weighted by molar-refractivity contribution is 5.78. The molecule has 1 fully saturated rings. The zero-order valence-electron chi connectivity index (χ0n) is 18.2. The van der Waals surface area contributed by atoms with Gasteiger partial charge in [0.15, 0.2) is 0 Å². The van der Waals surface area contributed by atoms with Crippen LogP contribution in [-0.2, 0) is 4.74 Å². The lowest BCUT2D eigenvalue weighted by Crippen LogP contribution is -2.43. The molecule has 1 saturated heterocycles. The van der Waals surface area contributed by atoms with Gasteiger partial charge >= 0.3 is 6.09 Å². The zero-order valence-corrected chi connectivity index (χ0v) is 18.2. The Balaban J connectivity index is 1.60. The summed E-state index contributed by atoms with van der Waals surface area (Å²) >= 11 is 0. The molecule has 1 aromatic heterocycles. The molecule has 1 amide bonds. The van der Waals surface area contributed by atoms with Crippen molar-refractivity contribution in [1.82, 2.24) is 20.2 Å². The molecule has 8 heteroatoms. The number of carbonyl (C=O) groups is 1. The van der Waals surface area contributed by atoms with Crippen LogP contribution in [-0.4, -0.2) is 65.0 Å². The number of aromatic nitrogens is 2. The Morgan fingerprint density at radius 3 is 2.93 bits per heavy atom. The monoisotopic (exact) mass is 416 g/mol. The van der Waals surface area contributed by atoms with E-state index in [1.165, 1.54) is 0 Å². The molecule has 30 heavy (non-hydrogen) atoms. The van der Waals surface area contributed by atoms with Crippen LogP contribution in [0.2, 0.25) is 0 Å². The predicted molar refractivity (Wildman–Crippen MR) is 114 cm³/mol. The molecule has 164 valence electrons. The number of ether oxygens (including phenoxy) is 2. The van der Waals surface area contributed by atoms with Crippen LogP contribution in [0, 0.1) is 5.92 Å². The number of hydrogen-bond donors (Lipinski definition) is 2. The molecule has 2 atom stereocenters. The van der Waals surface area contributed by atoms with Crippen molar-refractivity contribution in [3.8, 4) is 5.88 Å². The molecule has 0 aliphatic carbocycles. The molecule has 1 aliphatic heterocycles. The number of β-amino-alcohol motifs (C(OH)–C–C–N with tert-alkyl or cyclic N) is 1. The number of rotatable bonds is 6. The van der Waals surface area contributed by atoms with Gasteiger partial charge in [-0.05, 0) is 52.1 Å². The minimum atomic E-state index is -0.687. The van der Waals surface area contributed by atoms with Crippen molar-refractivity contribution in [2.45, 2.75) is 45.3 Å². The Hall–Kier alpha value is -2.45. The lowest BCUT2D eigenvalue weighted by atomic mass is 9.97. The molecule has 1 aliphatic rings. The van der Waals surface area contributed by atoms with Gasteiger partial charge in [0.2, 0.25) is 5.88 Å². The summed E-state index contributed by atoms with van der Waals surface area (Å²) in [6.45, 7) is 8.35. The zero-order chi connectivity index (χ0) is 21.7. The Morgan fingerprint density at radius 2 is 2.20 bits per heavy atom. The van der Waals surface area contributed by atoms with Crippen LogP contribution < -0.4 is 10.1 Å². The van der Waals surface area contributed by atoms with Gasteiger partial charge in [-0.1, -0.05) is 12.1 Å². The van der Waals surface area contributed by atoms with E-state index in [4.69, 9.17) is 9.47 Å². The summed E-state index contributed by atoms with van der Waals surface area (Å²) in [5.74, 6) is 0.749. The fourth-order valence-corrected chi connectivity index (χ4v) is 3.77. The van der Waals surface area contributed by atoms with Gasteiger partial charge in [0.25, 0.3) is 0 Å². The lowest BCUT2D eigenvalue weighted by molar-refractivity contribution is 0.0491. The van der Waals surface area contributed by atoms with Gasteiger partial charge < -0.3 is 24.8 Å². The van der Waals surface area contributed by atoms with Gasteiger partial charge in [-0.25, -0.2) is 14.8 Å². The quantitative estimate of drug-likeness (QED) is 0.747. The first-order chi connectivity index (χ1) is 14.2. The topological polar surface area (TPSA) is 96.8 Å². The summed E-state index contributed by atoms with van der Waals surface area (Å²) < 4.78 is 10.5. The highest BCUT2D eigenvalue weighted by Crippen LogP contribution is 2.26. The third-order valence-electron chi connectivity index (χ3n) is 5.12. The first kappa shape index (κ1) is 22.2. The van der Waals surface area contributed by atoms with Crippen LogP contribution >= 0.6 is 0 Å². The number of carbonyl (C=O) groups excluding carboxylic acids is 1. The molecule has 2 unspecified atom stereocenters. The van der Waals surface area contributed by atoms with Crippen molar-refractivity contribution in [1.29, 1.82) is 0 Å². The minimum Gasteiger partial charge on any atom is -0.480 e. The number of piperidine rings is 1. The number of aliphatic hydroxyl groups is 1. The summed E-state index contributed by atoms with van der Waals surface area (Å²) in [6, 6.07) is 5.63. The summed E-state index contributed by atoms with van der Waals surface area (Å²) in [5, 5.41) is 13.8. The smallest absolute Gasteiger partial charge is 0.407 e. The second kappa shape index (κ2) is 9.57.